The molecule has 1 aromatic carbocycles. The van der Waals surface area contributed by atoms with Crippen LogP contribution in [-0.4, -0.2) is 13.7 Å². The smallest absolute Gasteiger partial charge is 0.133 e. The predicted octanol–water partition coefficient (Wildman–Crippen LogP) is 2.14. The molecule has 0 unspecified atom stereocenters. The maximum absolute atomic E-state index is 13.7. The molecule has 0 heterocycles. The molecule has 0 fully saturated rings. The molecule has 0 aliphatic carbocycles. The molecule has 90 valence electrons. The summed E-state index contributed by atoms with van der Waals surface area (Å²) in [4.78, 5) is 4.46. The van der Waals surface area contributed by atoms with E-state index < -0.39 is 17.0 Å². The highest BCUT2D eigenvalue weighted by atomic mass is 19.1. The lowest BCUT2D eigenvalue weighted by Gasteiger charge is -2.25. The van der Waals surface area contributed by atoms with Gasteiger partial charge < -0.3 is 9.57 Å². The number of hydrogen-bond acceptors (Lipinski definition) is 3. The molecule has 0 aliphatic rings. The SMILES string of the molecule is COc1cc(F)c(C(C)(C)CON)c(F)c1. The fourth-order valence-electron chi connectivity index (χ4n) is 1.59. The third kappa shape index (κ3) is 2.48. The highest BCUT2D eigenvalue weighted by Gasteiger charge is 2.28. The molecule has 0 bridgehead atoms. The first-order chi connectivity index (χ1) is 7.42. The van der Waals surface area contributed by atoms with E-state index in [1.165, 1.54) is 7.11 Å². The Morgan fingerprint density at radius 1 is 1.25 bits per heavy atom. The molecular formula is C11H15F2NO2. The van der Waals surface area contributed by atoms with E-state index in [-0.39, 0.29) is 17.9 Å². The second-order valence-corrected chi connectivity index (χ2v) is 4.16. The zero-order chi connectivity index (χ0) is 12.3. The van der Waals surface area contributed by atoms with Crippen molar-refractivity contribution in [1.29, 1.82) is 0 Å². The molecular weight excluding hydrogens is 216 g/mol. The Morgan fingerprint density at radius 3 is 2.12 bits per heavy atom. The number of benzene rings is 1. The Hall–Kier alpha value is -1.20. The quantitative estimate of drug-likeness (QED) is 0.807. The molecule has 0 atom stereocenters. The van der Waals surface area contributed by atoms with Crippen molar-refractivity contribution < 1.29 is 18.4 Å². The molecule has 0 aromatic heterocycles. The van der Waals surface area contributed by atoms with Gasteiger partial charge >= 0.3 is 0 Å². The molecule has 0 saturated heterocycles. The molecule has 1 aromatic rings. The molecule has 0 amide bonds. The number of halogens is 2. The van der Waals surface area contributed by atoms with Crippen LogP contribution in [-0.2, 0) is 10.3 Å². The van der Waals surface area contributed by atoms with Crippen molar-refractivity contribution in [2.75, 3.05) is 13.7 Å². The monoisotopic (exact) mass is 231 g/mol. The Bertz CT molecular complexity index is 357. The Kier molecular flexibility index (Phi) is 3.83. The topological polar surface area (TPSA) is 44.5 Å². The summed E-state index contributed by atoms with van der Waals surface area (Å²) in [6.07, 6.45) is 0. The molecule has 5 heteroatoms. The van der Waals surface area contributed by atoms with Crippen molar-refractivity contribution >= 4 is 0 Å². The van der Waals surface area contributed by atoms with Crippen molar-refractivity contribution in [2.24, 2.45) is 5.90 Å². The minimum Gasteiger partial charge on any atom is -0.497 e. The standard InChI is InChI=1S/C11H15F2NO2/c1-11(2,6-16-14)10-8(12)4-7(15-3)5-9(10)13/h4-5H,6,14H2,1-3H3. The van der Waals surface area contributed by atoms with Crippen LogP contribution < -0.4 is 10.6 Å². The molecule has 16 heavy (non-hydrogen) atoms. The van der Waals surface area contributed by atoms with Gasteiger partial charge in [0, 0.05) is 23.1 Å². The minimum atomic E-state index is -0.838. The molecule has 0 spiro atoms. The van der Waals surface area contributed by atoms with Gasteiger partial charge in [-0.25, -0.2) is 14.7 Å². The van der Waals surface area contributed by atoms with Gasteiger partial charge in [-0.2, -0.15) is 0 Å². The van der Waals surface area contributed by atoms with Crippen molar-refractivity contribution in [2.45, 2.75) is 19.3 Å². The van der Waals surface area contributed by atoms with Crippen molar-refractivity contribution in [3.05, 3.63) is 29.3 Å². The molecule has 0 saturated carbocycles. The van der Waals surface area contributed by atoms with E-state index in [1.807, 2.05) is 0 Å². The van der Waals surface area contributed by atoms with E-state index in [9.17, 15) is 8.78 Å². The van der Waals surface area contributed by atoms with Crippen molar-refractivity contribution in [1.82, 2.24) is 0 Å². The van der Waals surface area contributed by atoms with Crippen LogP contribution in [0.25, 0.3) is 0 Å². The minimum absolute atomic E-state index is 0.0210. The molecule has 3 nitrogen and oxygen atoms in total. The summed E-state index contributed by atoms with van der Waals surface area (Å²) in [5.74, 6) is 3.75. The molecule has 0 radical (unpaired) electrons. The summed E-state index contributed by atoms with van der Waals surface area (Å²) >= 11 is 0. The number of rotatable bonds is 4. The second kappa shape index (κ2) is 4.76. The first kappa shape index (κ1) is 12.9. The first-order valence-corrected chi connectivity index (χ1v) is 4.77. The fraction of sp³-hybridized carbons (Fsp3) is 0.455. The van der Waals surface area contributed by atoms with Gasteiger partial charge in [-0.3, -0.25) is 0 Å². The first-order valence-electron chi connectivity index (χ1n) is 4.77. The number of ether oxygens (including phenoxy) is 1. The normalized spacial score (nSPS) is 11.6. The zero-order valence-corrected chi connectivity index (χ0v) is 9.51. The van der Waals surface area contributed by atoms with Crippen LogP contribution in [0.5, 0.6) is 5.75 Å². The van der Waals surface area contributed by atoms with Crippen molar-refractivity contribution in [3.8, 4) is 5.75 Å². The van der Waals surface area contributed by atoms with Gasteiger partial charge in [0.1, 0.15) is 17.4 Å². The van der Waals surface area contributed by atoms with E-state index in [0.29, 0.717) is 0 Å². The highest BCUT2D eigenvalue weighted by molar-refractivity contribution is 5.34. The number of methoxy groups -OCH3 is 1. The largest absolute Gasteiger partial charge is 0.497 e. The van der Waals surface area contributed by atoms with E-state index in [4.69, 9.17) is 10.6 Å². The Labute approximate surface area is 93.1 Å². The van der Waals surface area contributed by atoms with Gasteiger partial charge in [0.25, 0.3) is 0 Å². The van der Waals surface area contributed by atoms with Crippen LogP contribution in [0, 0.1) is 11.6 Å². The Balaban J connectivity index is 3.23. The number of nitrogens with two attached hydrogens (primary N) is 1. The van der Waals surface area contributed by atoms with Crippen LogP contribution in [0.3, 0.4) is 0 Å². The molecule has 1 rings (SSSR count). The van der Waals surface area contributed by atoms with E-state index in [0.717, 1.165) is 12.1 Å². The van der Waals surface area contributed by atoms with Crippen LogP contribution in [0.15, 0.2) is 12.1 Å². The van der Waals surface area contributed by atoms with Crippen LogP contribution in [0.4, 0.5) is 8.78 Å². The zero-order valence-electron chi connectivity index (χ0n) is 9.51. The number of hydrogen-bond donors (Lipinski definition) is 1. The average molecular weight is 231 g/mol. The van der Waals surface area contributed by atoms with Gasteiger partial charge in [0.05, 0.1) is 13.7 Å². The fourth-order valence-corrected chi connectivity index (χ4v) is 1.59. The van der Waals surface area contributed by atoms with Crippen LogP contribution >= 0.6 is 0 Å². The van der Waals surface area contributed by atoms with Gasteiger partial charge in [-0.1, -0.05) is 13.8 Å². The maximum Gasteiger partial charge on any atom is 0.133 e. The maximum atomic E-state index is 13.7. The average Bonchev–Trinajstić information content (AvgIpc) is 2.15. The van der Waals surface area contributed by atoms with Gasteiger partial charge in [-0.15, -0.1) is 0 Å². The third-order valence-corrected chi connectivity index (χ3v) is 2.37. The van der Waals surface area contributed by atoms with E-state index in [2.05, 4.69) is 4.84 Å². The van der Waals surface area contributed by atoms with E-state index >= 15 is 0 Å². The van der Waals surface area contributed by atoms with Gasteiger partial charge in [0.15, 0.2) is 0 Å². The second-order valence-electron chi connectivity index (χ2n) is 4.16. The lowest BCUT2D eigenvalue weighted by Crippen LogP contribution is -2.28. The molecule has 0 aliphatic heterocycles. The van der Waals surface area contributed by atoms with Crippen molar-refractivity contribution in [3.63, 3.8) is 0 Å². The molecule has 2 N–H and O–H groups in total. The summed E-state index contributed by atoms with van der Waals surface area (Å²) in [5, 5.41) is 0. The van der Waals surface area contributed by atoms with Crippen LogP contribution in [0.2, 0.25) is 0 Å². The predicted molar refractivity (Wildman–Crippen MR) is 56.1 cm³/mol. The lowest BCUT2D eigenvalue weighted by molar-refractivity contribution is 0.0935. The van der Waals surface area contributed by atoms with Gasteiger partial charge in [-0.05, 0) is 0 Å². The third-order valence-electron chi connectivity index (χ3n) is 2.37. The summed E-state index contributed by atoms with van der Waals surface area (Å²) in [7, 11) is 1.35. The summed E-state index contributed by atoms with van der Waals surface area (Å²) in [5.41, 5.74) is -0.895. The lowest BCUT2D eigenvalue weighted by atomic mass is 9.84. The summed E-state index contributed by atoms with van der Waals surface area (Å²) in [6, 6.07) is 2.27. The van der Waals surface area contributed by atoms with E-state index in [1.54, 1.807) is 13.8 Å². The summed E-state index contributed by atoms with van der Waals surface area (Å²) in [6.45, 7) is 3.31. The van der Waals surface area contributed by atoms with Crippen LogP contribution in [0.1, 0.15) is 19.4 Å². The summed E-state index contributed by atoms with van der Waals surface area (Å²) < 4.78 is 32.2. The highest BCUT2D eigenvalue weighted by Crippen LogP contribution is 2.31. The Morgan fingerprint density at radius 2 is 1.75 bits per heavy atom. The van der Waals surface area contributed by atoms with Gasteiger partial charge in [0.2, 0.25) is 0 Å².